The molecule has 1 heterocycles. The van der Waals surface area contributed by atoms with Gasteiger partial charge < -0.3 is 15.4 Å². The van der Waals surface area contributed by atoms with Crippen LogP contribution < -0.4 is 15.4 Å². The largest absolute Gasteiger partial charge is 0.483 e. The number of rotatable bonds is 5. The number of carbonyl (C=O) groups excluding carboxylic acids is 1. The van der Waals surface area contributed by atoms with Gasteiger partial charge in [0, 0.05) is 17.9 Å². The number of amides is 1. The van der Waals surface area contributed by atoms with Crippen molar-refractivity contribution < 1.29 is 9.53 Å². The third-order valence-corrected chi connectivity index (χ3v) is 5.00. The molecule has 1 amide bonds. The Kier molecular flexibility index (Phi) is 6.92. The summed E-state index contributed by atoms with van der Waals surface area (Å²) in [7, 11) is 0. The molecule has 1 unspecified atom stereocenters. The van der Waals surface area contributed by atoms with Gasteiger partial charge in [0.25, 0.3) is 5.91 Å². The summed E-state index contributed by atoms with van der Waals surface area (Å²) < 4.78 is 5.90. The third-order valence-electron chi connectivity index (χ3n) is 5.00. The van der Waals surface area contributed by atoms with Gasteiger partial charge in [-0.15, -0.1) is 12.4 Å². The number of ether oxygens (including phenoxy) is 1. The van der Waals surface area contributed by atoms with Crippen molar-refractivity contribution in [2.45, 2.75) is 39.0 Å². The standard InChI is InChI=1S/C21H26N2O2.ClH/c1-3-15(2)16-8-4-5-12-20(16)25-14-21(24)23-13-7-9-17-18(22)10-6-11-19(17)23;/h4-6,8,10-12,15H,3,7,9,13-14,22H2,1-2H3;1H. The molecule has 0 fully saturated rings. The van der Waals surface area contributed by atoms with E-state index in [1.807, 2.05) is 36.4 Å². The van der Waals surface area contributed by atoms with E-state index >= 15 is 0 Å². The zero-order chi connectivity index (χ0) is 17.8. The van der Waals surface area contributed by atoms with Crippen molar-refractivity contribution in [2.24, 2.45) is 0 Å². The Morgan fingerprint density at radius 1 is 1.23 bits per heavy atom. The first-order valence-electron chi connectivity index (χ1n) is 9.01. The van der Waals surface area contributed by atoms with Gasteiger partial charge in [0.2, 0.25) is 0 Å². The van der Waals surface area contributed by atoms with E-state index in [4.69, 9.17) is 10.5 Å². The van der Waals surface area contributed by atoms with Crippen molar-refractivity contribution in [3.8, 4) is 5.75 Å². The highest BCUT2D eigenvalue weighted by molar-refractivity contribution is 5.96. The van der Waals surface area contributed by atoms with Crippen LogP contribution in [-0.2, 0) is 11.2 Å². The molecule has 0 bridgehead atoms. The van der Waals surface area contributed by atoms with Crippen LogP contribution in [0.3, 0.4) is 0 Å². The fourth-order valence-corrected chi connectivity index (χ4v) is 3.37. The summed E-state index contributed by atoms with van der Waals surface area (Å²) in [5.41, 5.74) is 9.98. The van der Waals surface area contributed by atoms with Crippen molar-refractivity contribution in [3.63, 3.8) is 0 Å². The van der Waals surface area contributed by atoms with Gasteiger partial charge in [-0.25, -0.2) is 0 Å². The highest BCUT2D eigenvalue weighted by Gasteiger charge is 2.24. The fraction of sp³-hybridized carbons (Fsp3) is 0.381. The molecule has 3 rings (SSSR count). The van der Waals surface area contributed by atoms with Gasteiger partial charge in [-0.2, -0.15) is 0 Å². The minimum absolute atomic E-state index is 0. The maximum atomic E-state index is 12.8. The number of hydrogen-bond acceptors (Lipinski definition) is 3. The molecule has 1 aliphatic rings. The molecule has 0 aliphatic carbocycles. The predicted molar refractivity (Wildman–Crippen MR) is 109 cm³/mol. The first-order chi connectivity index (χ1) is 12.1. The number of anilines is 2. The summed E-state index contributed by atoms with van der Waals surface area (Å²) >= 11 is 0. The Balaban J connectivity index is 0.00000243. The number of carbonyl (C=O) groups is 1. The lowest BCUT2D eigenvalue weighted by atomic mass is 9.98. The smallest absolute Gasteiger partial charge is 0.264 e. The molecule has 2 N–H and O–H groups in total. The molecule has 1 aliphatic heterocycles. The number of halogens is 1. The number of nitrogen functional groups attached to an aromatic ring is 1. The van der Waals surface area contributed by atoms with Crippen molar-refractivity contribution in [1.82, 2.24) is 0 Å². The highest BCUT2D eigenvalue weighted by atomic mass is 35.5. The number of benzene rings is 2. The summed E-state index contributed by atoms with van der Waals surface area (Å²) in [5, 5.41) is 0. The van der Waals surface area contributed by atoms with Gasteiger partial charge in [0.15, 0.2) is 6.61 Å². The lowest BCUT2D eigenvalue weighted by Crippen LogP contribution is -2.38. The minimum atomic E-state index is -0.0227. The van der Waals surface area contributed by atoms with Crippen LogP contribution in [0, 0.1) is 0 Å². The first-order valence-corrected chi connectivity index (χ1v) is 9.01. The average Bonchev–Trinajstić information content (AvgIpc) is 2.65. The molecule has 0 saturated carbocycles. The normalized spacial score (nSPS) is 14.2. The van der Waals surface area contributed by atoms with Gasteiger partial charge in [-0.05, 0) is 54.5 Å². The van der Waals surface area contributed by atoms with Crippen LogP contribution in [0.2, 0.25) is 0 Å². The summed E-state index contributed by atoms with van der Waals surface area (Å²) in [6.45, 7) is 5.09. The maximum absolute atomic E-state index is 12.8. The molecule has 0 aromatic heterocycles. The lowest BCUT2D eigenvalue weighted by molar-refractivity contribution is -0.120. The van der Waals surface area contributed by atoms with Crippen molar-refractivity contribution >= 4 is 29.7 Å². The van der Waals surface area contributed by atoms with Crippen LogP contribution in [0.1, 0.15) is 43.7 Å². The zero-order valence-electron chi connectivity index (χ0n) is 15.4. The molecule has 2 aromatic rings. The van der Waals surface area contributed by atoms with Crippen molar-refractivity contribution in [2.75, 3.05) is 23.8 Å². The van der Waals surface area contributed by atoms with Gasteiger partial charge in [0.05, 0.1) is 0 Å². The van der Waals surface area contributed by atoms with Crippen LogP contribution in [0.25, 0.3) is 0 Å². The quantitative estimate of drug-likeness (QED) is 0.780. The van der Waals surface area contributed by atoms with Crippen LogP contribution in [0.15, 0.2) is 42.5 Å². The van der Waals surface area contributed by atoms with E-state index in [9.17, 15) is 4.79 Å². The van der Waals surface area contributed by atoms with Gasteiger partial charge in [-0.3, -0.25) is 4.79 Å². The summed E-state index contributed by atoms with van der Waals surface area (Å²) in [6, 6.07) is 13.7. The van der Waals surface area contributed by atoms with E-state index in [2.05, 4.69) is 19.9 Å². The van der Waals surface area contributed by atoms with Crippen LogP contribution in [-0.4, -0.2) is 19.1 Å². The summed E-state index contributed by atoms with van der Waals surface area (Å²) in [5.74, 6) is 1.18. The predicted octanol–water partition coefficient (Wildman–Crippen LogP) is 4.56. The van der Waals surface area contributed by atoms with E-state index < -0.39 is 0 Å². The molecule has 140 valence electrons. The molecule has 2 aromatic carbocycles. The molecule has 5 heteroatoms. The number of hydrogen-bond donors (Lipinski definition) is 1. The average molecular weight is 375 g/mol. The van der Waals surface area contributed by atoms with Gasteiger partial charge in [0.1, 0.15) is 5.75 Å². The monoisotopic (exact) mass is 374 g/mol. The van der Waals surface area contributed by atoms with E-state index in [0.29, 0.717) is 12.5 Å². The topological polar surface area (TPSA) is 55.6 Å². The second-order valence-electron chi connectivity index (χ2n) is 6.63. The van der Waals surface area contributed by atoms with E-state index in [-0.39, 0.29) is 24.9 Å². The van der Waals surface area contributed by atoms with E-state index in [1.54, 1.807) is 4.90 Å². The Labute approximate surface area is 161 Å². The van der Waals surface area contributed by atoms with E-state index in [1.165, 1.54) is 0 Å². The Bertz CT molecular complexity index is 763. The Morgan fingerprint density at radius 3 is 2.77 bits per heavy atom. The van der Waals surface area contributed by atoms with Crippen LogP contribution >= 0.6 is 12.4 Å². The lowest BCUT2D eigenvalue weighted by Gasteiger charge is -2.30. The van der Waals surface area contributed by atoms with Crippen LogP contribution in [0.5, 0.6) is 5.75 Å². The molecule has 0 spiro atoms. The molecule has 0 saturated heterocycles. The minimum Gasteiger partial charge on any atom is -0.483 e. The molecule has 4 nitrogen and oxygen atoms in total. The number of para-hydroxylation sites is 1. The number of nitrogens with two attached hydrogens (primary N) is 1. The SMILES string of the molecule is CCC(C)c1ccccc1OCC(=O)N1CCCc2c(N)cccc21.Cl. The van der Waals surface area contributed by atoms with Gasteiger partial charge in [-0.1, -0.05) is 38.1 Å². The molecule has 26 heavy (non-hydrogen) atoms. The molecular formula is C21H27ClN2O2. The van der Waals surface area contributed by atoms with Crippen molar-refractivity contribution in [3.05, 3.63) is 53.6 Å². The zero-order valence-corrected chi connectivity index (χ0v) is 16.2. The molecule has 1 atom stereocenters. The summed E-state index contributed by atoms with van der Waals surface area (Å²) in [6.07, 6.45) is 2.88. The van der Waals surface area contributed by atoms with E-state index in [0.717, 1.165) is 47.5 Å². The van der Waals surface area contributed by atoms with Crippen LogP contribution in [0.4, 0.5) is 11.4 Å². The highest BCUT2D eigenvalue weighted by Crippen LogP contribution is 2.32. The number of fused-ring (bicyclic) bond motifs is 1. The molecular weight excluding hydrogens is 348 g/mol. The maximum Gasteiger partial charge on any atom is 0.264 e. The fourth-order valence-electron chi connectivity index (χ4n) is 3.37. The third kappa shape index (κ3) is 4.13. The Hall–Kier alpha value is -2.20. The number of nitrogens with zero attached hydrogens (tertiary/aromatic N) is 1. The first kappa shape index (κ1) is 20.1. The summed E-state index contributed by atoms with van der Waals surface area (Å²) in [4.78, 5) is 14.6. The van der Waals surface area contributed by atoms with Crippen molar-refractivity contribution in [1.29, 1.82) is 0 Å². The Morgan fingerprint density at radius 2 is 2.00 bits per heavy atom. The second-order valence-corrected chi connectivity index (χ2v) is 6.63. The second kappa shape index (κ2) is 8.95. The van der Waals surface area contributed by atoms with Gasteiger partial charge >= 0.3 is 0 Å². The molecule has 0 radical (unpaired) electrons.